The Morgan fingerprint density at radius 3 is 2.16 bits per heavy atom. The molecule has 0 unspecified atom stereocenters. The van der Waals surface area contributed by atoms with Gasteiger partial charge in [-0.1, -0.05) is 78.9 Å². The third-order valence-electron chi connectivity index (χ3n) is 7.86. The van der Waals surface area contributed by atoms with E-state index in [-0.39, 0.29) is 39.8 Å². The molecular weight excluding hydrogens is 586 g/mol. The van der Waals surface area contributed by atoms with Gasteiger partial charge in [0.2, 0.25) is 11.8 Å². The topological polar surface area (TPSA) is 96.0 Å². The van der Waals surface area contributed by atoms with Gasteiger partial charge in [-0.25, -0.2) is 8.42 Å². The second-order valence-corrected chi connectivity index (χ2v) is 13.4. The molecule has 0 aliphatic heterocycles. The van der Waals surface area contributed by atoms with Crippen molar-refractivity contribution >= 4 is 39.1 Å². The minimum absolute atomic E-state index is 0.0176. The smallest absolute Gasteiger partial charge is 0.264 e. The first kappa shape index (κ1) is 32.4. The van der Waals surface area contributed by atoms with E-state index in [0.717, 1.165) is 46.7 Å². The van der Waals surface area contributed by atoms with E-state index in [1.807, 2.05) is 45.0 Å². The van der Waals surface area contributed by atoms with Gasteiger partial charge in [0.25, 0.3) is 10.0 Å². The predicted molar refractivity (Wildman–Crippen MR) is 170 cm³/mol. The third-order valence-corrected chi connectivity index (χ3v) is 9.87. The van der Waals surface area contributed by atoms with Crippen molar-refractivity contribution in [2.75, 3.05) is 18.0 Å². The molecule has 3 aromatic carbocycles. The van der Waals surface area contributed by atoms with Gasteiger partial charge >= 0.3 is 0 Å². The number of amides is 2. The van der Waals surface area contributed by atoms with Crippen molar-refractivity contribution in [1.29, 1.82) is 0 Å². The van der Waals surface area contributed by atoms with Crippen molar-refractivity contribution in [3.8, 4) is 5.75 Å². The molecule has 1 saturated carbocycles. The maximum atomic E-state index is 14.3. The molecule has 4 rings (SSSR count). The largest absolute Gasteiger partial charge is 0.495 e. The summed E-state index contributed by atoms with van der Waals surface area (Å²) in [6, 6.07) is 18.0. The fourth-order valence-corrected chi connectivity index (χ4v) is 6.97. The summed E-state index contributed by atoms with van der Waals surface area (Å²) in [5.74, 6) is -0.515. The quantitative estimate of drug-likeness (QED) is 0.265. The van der Waals surface area contributed by atoms with Gasteiger partial charge in [-0.2, -0.15) is 0 Å². The molecule has 1 aliphatic rings. The van der Waals surface area contributed by atoms with E-state index in [1.54, 1.807) is 24.3 Å². The second kappa shape index (κ2) is 14.3. The second-order valence-electron chi connectivity index (χ2n) is 11.1. The Morgan fingerprint density at radius 2 is 1.58 bits per heavy atom. The van der Waals surface area contributed by atoms with Crippen molar-refractivity contribution in [1.82, 2.24) is 10.2 Å². The van der Waals surface area contributed by atoms with Crippen LogP contribution in [0.4, 0.5) is 5.69 Å². The lowest BCUT2D eigenvalue weighted by Gasteiger charge is -2.34. The zero-order valence-corrected chi connectivity index (χ0v) is 26.7. The molecule has 2 amide bonds. The SMILES string of the molecule is CC[C@@H](C(=O)NC1CCCC1)N(Cc1ccc(C)cc1)C(=O)CN(c1cc(Cl)ccc1OC)S(=O)(=O)c1ccc(C)cc1. The molecule has 0 radical (unpaired) electrons. The van der Waals surface area contributed by atoms with Crippen LogP contribution in [0.1, 0.15) is 55.7 Å². The van der Waals surface area contributed by atoms with Crippen LogP contribution in [0.3, 0.4) is 0 Å². The Morgan fingerprint density at radius 1 is 0.977 bits per heavy atom. The molecule has 0 saturated heterocycles. The number of carbonyl (C=O) groups is 2. The van der Waals surface area contributed by atoms with Gasteiger partial charge in [-0.3, -0.25) is 13.9 Å². The first-order valence-electron chi connectivity index (χ1n) is 14.6. The lowest BCUT2D eigenvalue weighted by molar-refractivity contribution is -0.140. The highest BCUT2D eigenvalue weighted by Crippen LogP contribution is 2.35. The summed E-state index contributed by atoms with van der Waals surface area (Å²) >= 11 is 6.32. The molecule has 0 spiro atoms. The van der Waals surface area contributed by atoms with E-state index in [1.165, 1.54) is 30.2 Å². The van der Waals surface area contributed by atoms with Gasteiger partial charge in [0, 0.05) is 17.6 Å². The molecule has 0 heterocycles. The summed E-state index contributed by atoms with van der Waals surface area (Å²) in [7, 11) is -2.83. The van der Waals surface area contributed by atoms with Crippen molar-refractivity contribution in [3.63, 3.8) is 0 Å². The minimum atomic E-state index is -4.25. The van der Waals surface area contributed by atoms with Crippen molar-refractivity contribution < 1.29 is 22.7 Å². The van der Waals surface area contributed by atoms with Crippen molar-refractivity contribution in [2.24, 2.45) is 0 Å². The van der Waals surface area contributed by atoms with Gasteiger partial charge in [0.15, 0.2) is 0 Å². The zero-order chi connectivity index (χ0) is 31.1. The monoisotopic (exact) mass is 625 g/mol. The number of hydrogen-bond donors (Lipinski definition) is 1. The van der Waals surface area contributed by atoms with Gasteiger partial charge < -0.3 is 15.0 Å². The van der Waals surface area contributed by atoms with E-state index in [0.29, 0.717) is 6.42 Å². The van der Waals surface area contributed by atoms with Crippen LogP contribution in [-0.2, 0) is 26.2 Å². The number of sulfonamides is 1. The molecule has 43 heavy (non-hydrogen) atoms. The Hall–Kier alpha value is -3.56. The molecule has 1 N–H and O–H groups in total. The van der Waals surface area contributed by atoms with Crippen LogP contribution in [0.25, 0.3) is 0 Å². The van der Waals surface area contributed by atoms with Crippen LogP contribution in [0.5, 0.6) is 5.75 Å². The first-order chi connectivity index (χ1) is 20.5. The molecule has 8 nitrogen and oxygen atoms in total. The first-order valence-corrected chi connectivity index (χ1v) is 16.4. The number of anilines is 1. The van der Waals surface area contributed by atoms with Crippen LogP contribution in [-0.4, -0.2) is 50.9 Å². The maximum Gasteiger partial charge on any atom is 0.264 e. The number of nitrogens with one attached hydrogen (secondary N) is 1. The number of carbonyl (C=O) groups excluding carboxylic acids is 2. The number of hydrogen-bond acceptors (Lipinski definition) is 5. The Labute approximate surface area is 260 Å². The fourth-order valence-electron chi connectivity index (χ4n) is 5.39. The molecule has 1 aliphatic carbocycles. The third kappa shape index (κ3) is 7.89. The predicted octanol–water partition coefficient (Wildman–Crippen LogP) is 6.03. The lowest BCUT2D eigenvalue weighted by Crippen LogP contribution is -2.53. The normalized spacial score (nSPS) is 14.3. The Kier molecular flexibility index (Phi) is 10.7. The zero-order valence-electron chi connectivity index (χ0n) is 25.2. The Balaban J connectivity index is 1.76. The van der Waals surface area contributed by atoms with Gasteiger partial charge in [-0.05, 0) is 69.0 Å². The lowest BCUT2D eigenvalue weighted by atomic mass is 10.1. The highest BCUT2D eigenvalue weighted by atomic mass is 35.5. The van der Waals surface area contributed by atoms with Gasteiger partial charge in [0.1, 0.15) is 18.3 Å². The minimum Gasteiger partial charge on any atom is -0.495 e. The number of methoxy groups -OCH3 is 1. The summed E-state index contributed by atoms with van der Waals surface area (Å²) in [6.07, 6.45) is 4.29. The van der Waals surface area contributed by atoms with Crippen LogP contribution in [0.15, 0.2) is 71.6 Å². The maximum absolute atomic E-state index is 14.3. The molecule has 0 bridgehead atoms. The summed E-state index contributed by atoms with van der Waals surface area (Å²) in [4.78, 5) is 29.4. The van der Waals surface area contributed by atoms with E-state index in [9.17, 15) is 18.0 Å². The number of benzene rings is 3. The van der Waals surface area contributed by atoms with Crippen LogP contribution in [0, 0.1) is 13.8 Å². The highest BCUT2D eigenvalue weighted by molar-refractivity contribution is 7.92. The molecule has 0 aromatic heterocycles. The molecule has 230 valence electrons. The molecular formula is C33H40ClN3O5S. The summed E-state index contributed by atoms with van der Waals surface area (Å²) in [5, 5.41) is 3.41. The number of aryl methyl sites for hydroxylation is 2. The number of halogens is 1. The standard InChI is InChI=1S/C33H40ClN3O5S/c1-5-29(33(39)35-27-8-6-7-9-27)36(21-25-14-10-23(2)11-15-25)32(38)22-37(30-20-26(34)16-19-31(30)42-4)43(40,41)28-17-12-24(3)13-18-28/h10-20,27,29H,5-9,21-22H2,1-4H3,(H,35,39)/t29-/m0/s1. The average molecular weight is 626 g/mol. The summed E-state index contributed by atoms with van der Waals surface area (Å²) in [6.45, 7) is 5.27. The number of rotatable bonds is 12. The average Bonchev–Trinajstić information content (AvgIpc) is 3.50. The Bertz CT molecular complexity index is 1520. The highest BCUT2D eigenvalue weighted by Gasteiger charge is 2.35. The van der Waals surface area contributed by atoms with Gasteiger partial charge in [-0.15, -0.1) is 0 Å². The van der Waals surface area contributed by atoms with Crippen molar-refractivity contribution in [2.45, 2.75) is 76.4 Å². The van der Waals surface area contributed by atoms with Gasteiger partial charge in [0.05, 0.1) is 17.7 Å². The summed E-state index contributed by atoms with van der Waals surface area (Å²) in [5.41, 5.74) is 2.92. The van der Waals surface area contributed by atoms with E-state index in [4.69, 9.17) is 16.3 Å². The van der Waals surface area contributed by atoms with E-state index in [2.05, 4.69) is 5.32 Å². The molecule has 1 fully saturated rings. The number of ether oxygens (including phenoxy) is 1. The fraction of sp³-hybridized carbons (Fsp3) is 0.394. The van der Waals surface area contributed by atoms with Crippen LogP contribution >= 0.6 is 11.6 Å². The van der Waals surface area contributed by atoms with Crippen molar-refractivity contribution in [3.05, 3.63) is 88.4 Å². The molecule has 10 heteroatoms. The van der Waals surface area contributed by atoms with E-state index >= 15 is 0 Å². The van der Waals surface area contributed by atoms with Crippen LogP contribution < -0.4 is 14.4 Å². The summed E-state index contributed by atoms with van der Waals surface area (Å²) < 4.78 is 34.8. The van der Waals surface area contributed by atoms with E-state index < -0.39 is 28.5 Å². The molecule has 1 atom stereocenters. The van der Waals surface area contributed by atoms with Crippen LogP contribution in [0.2, 0.25) is 5.02 Å². The molecule has 3 aromatic rings. The number of nitrogens with zero attached hydrogens (tertiary/aromatic N) is 2.